The molecule has 0 N–H and O–H groups in total. The molecule has 0 saturated carbocycles. The minimum Gasteiger partial charge on any atom is -0.312 e. The first-order valence-electron chi connectivity index (χ1n) is 4.15. The number of carbonyl (C=O) groups excluding carboxylic acids is 1. The van der Waals surface area contributed by atoms with Gasteiger partial charge in [-0.3, -0.25) is 4.98 Å². The third kappa shape index (κ3) is 1.54. The Hall–Kier alpha value is -1.97. The zero-order valence-electron chi connectivity index (χ0n) is 7.60. The predicted molar refractivity (Wildman–Crippen MR) is 51.4 cm³/mol. The fourth-order valence-electron chi connectivity index (χ4n) is 1.15. The molecule has 0 saturated heterocycles. The van der Waals surface area contributed by atoms with Crippen LogP contribution in [0.4, 0.5) is 0 Å². The topological polar surface area (TPSA) is 51.5 Å². The molecule has 0 unspecified atom stereocenters. The number of hydrogen-bond donors (Lipinski definition) is 0. The second-order valence-electron chi connectivity index (χ2n) is 2.90. The molecule has 1 aliphatic heterocycles. The average Bonchev–Trinajstić information content (AvgIpc) is 2.51. The van der Waals surface area contributed by atoms with Gasteiger partial charge in [0.25, 0.3) is 0 Å². The molecule has 2 rings (SSSR count). The lowest BCUT2D eigenvalue weighted by Crippen LogP contribution is -2.01. The van der Waals surface area contributed by atoms with Crippen molar-refractivity contribution in [3.05, 3.63) is 35.7 Å². The maximum absolute atomic E-state index is 11.2. The standard InChI is InChI=1S/C10H8N2O2/c1-7-9(10(13)14-12-7)5-8-3-2-4-11-6-8/h2-6H,1H3/b9-5+. The highest BCUT2D eigenvalue weighted by atomic mass is 16.7. The van der Waals surface area contributed by atoms with Gasteiger partial charge in [-0.25, -0.2) is 4.79 Å². The predicted octanol–water partition coefficient (Wildman–Crippen LogP) is 1.40. The zero-order chi connectivity index (χ0) is 9.97. The van der Waals surface area contributed by atoms with E-state index in [4.69, 9.17) is 0 Å². The molecule has 14 heavy (non-hydrogen) atoms. The summed E-state index contributed by atoms with van der Waals surface area (Å²) < 4.78 is 0. The third-order valence-corrected chi connectivity index (χ3v) is 1.87. The van der Waals surface area contributed by atoms with Crippen molar-refractivity contribution in [1.29, 1.82) is 0 Å². The van der Waals surface area contributed by atoms with Crippen LogP contribution in [0.3, 0.4) is 0 Å². The van der Waals surface area contributed by atoms with E-state index >= 15 is 0 Å². The lowest BCUT2D eigenvalue weighted by Gasteiger charge is -1.93. The molecule has 70 valence electrons. The molecular formula is C10H8N2O2. The summed E-state index contributed by atoms with van der Waals surface area (Å²) in [6.45, 7) is 1.73. The van der Waals surface area contributed by atoms with Crippen LogP contribution in [0, 0.1) is 0 Å². The molecule has 0 aromatic carbocycles. The summed E-state index contributed by atoms with van der Waals surface area (Å²) in [5.74, 6) is -0.411. The Labute approximate surface area is 80.9 Å². The number of oxime groups is 1. The normalized spacial score (nSPS) is 18.2. The van der Waals surface area contributed by atoms with E-state index in [1.165, 1.54) is 0 Å². The number of nitrogens with zero attached hydrogens (tertiary/aromatic N) is 2. The van der Waals surface area contributed by atoms with Gasteiger partial charge in [0.2, 0.25) is 0 Å². The van der Waals surface area contributed by atoms with Gasteiger partial charge in [0.15, 0.2) is 0 Å². The van der Waals surface area contributed by atoms with Crippen LogP contribution >= 0.6 is 0 Å². The van der Waals surface area contributed by atoms with E-state index < -0.39 is 5.97 Å². The van der Waals surface area contributed by atoms with Gasteiger partial charge in [-0.1, -0.05) is 11.2 Å². The van der Waals surface area contributed by atoms with Gasteiger partial charge >= 0.3 is 5.97 Å². The Kier molecular flexibility index (Phi) is 2.10. The van der Waals surface area contributed by atoms with E-state index in [2.05, 4.69) is 15.0 Å². The van der Waals surface area contributed by atoms with Crippen molar-refractivity contribution in [3.63, 3.8) is 0 Å². The maximum Gasteiger partial charge on any atom is 0.367 e. The van der Waals surface area contributed by atoms with E-state index in [-0.39, 0.29) is 0 Å². The fraction of sp³-hybridized carbons (Fsp3) is 0.100. The van der Waals surface area contributed by atoms with Crippen molar-refractivity contribution in [2.75, 3.05) is 0 Å². The molecule has 4 nitrogen and oxygen atoms in total. The van der Waals surface area contributed by atoms with E-state index in [9.17, 15) is 4.79 Å². The fourth-order valence-corrected chi connectivity index (χ4v) is 1.15. The molecule has 1 aliphatic rings. The molecule has 0 bridgehead atoms. The van der Waals surface area contributed by atoms with Crippen molar-refractivity contribution < 1.29 is 9.63 Å². The van der Waals surface area contributed by atoms with Crippen molar-refractivity contribution in [2.24, 2.45) is 5.16 Å². The van der Waals surface area contributed by atoms with Crippen molar-refractivity contribution in [1.82, 2.24) is 4.98 Å². The minimum absolute atomic E-state index is 0.411. The Morgan fingerprint density at radius 2 is 2.36 bits per heavy atom. The van der Waals surface area contributed by atoms with Crippen LogP contribution in [0.15, 0.2) is 35.3 Å². The summed E-state index contributed by atoms with van der Waals surface area (Å²) in [6, 6.07) is 3.66. The van der Waals surface area contributed by atoms with Gasteiger partial charge in [-0.15, -0.1) is 0 Å². The molecule has 0 radical (unpaired) electrons. The van der Waals surface area contributed by atoms with Crippen LogP contribution in [0.5, 0.6) is 0 Å². The maximum atomic E-state index is 11.2. The molecule has 0 amide bonds. The van der Waals surface area contributed by atoms with Crippen molar-refractivity contribution in [3.8, 4) is 0 Å². The number of hydrogen-bond acceptors (Lipinski definition) is 4. The van der Waals surface area contributed by atoms with E-state index in [1.54, 1.807) is 31.5 Å². The van der Waals surface area contributed by atoms with Gasteiger partial charge in [0, 0.05) is 12.4 Å². The highest BCUT2D eigenvalue weighted by Gasteiger charge is 2.21. The molecule has 0 fully saturated rings. The monoisotopic (exact) mass is 188 g/mol. The summed E-state index contributed by atoms with van der Waals surface area (Å²) in [6.07, 6.45) is 5.06. The quantitative estimate of drug-likeness (QED) is 0.494. The van der Waals surface area contributed by atoms with Crippen LogP contribution in [0.2, 0.25) is 0 Å². The molecular weight excluding hydrogens is 180 g/mol. The van der Waals surface area contributed by atoms with Gasteiger partial charge in [-0.05, 0) is 24.6 Å². The van der Waals surface area contributed by atoms with Gasteiger partial charge < -0.3 is 4.84 Å². The van der Waals surface area contributed by atoms with Gasteiger partial charge in [0.05, 0.1) is 11.3 Å². The van der Waals surface area contributed by atoms with Crippen LogP contribution in [-0.2, 0) is 9.63 Å². The van der Waals surface area contributed by atoms with E-state index in [0.717, 1.165) is 5.56 Å². The van der Waals surface area contributed by atoms with Crippen LogP contribution in [0.1, 0.15) is 12.5 Å². The minimum atomic E-state index is -0.411. The van der Waals surface area contributed by atoms with Crippen molar-refractivity contribution >= 4 is 17.8 Å². The molecule has 1 aromatic heterocycles. The van der Waals surface area contributed by atoms with E-state index in [1.807, 2.05) is 6.07 Å². The second-order valence-corrected chi connectivity index (χ2v) is 2.90. The Balaban J connectivity index is 2.36. The first-order valence-corrected chi connectivity index (χ1v) is 4.15. The number of aromatic nitrogens is 1. The summed E-state index contributed by atoms with van der Waals surface area (Å²) in [5, 5.41) is 3.57. The first-order chi connectivity index (χ1) is 6.77. The molecule has 2 heterocycles. The Morgan fingerprint density at radius 1 is 1.50 bits per heavy atom. The molecule has 0 aliphatic carbocycles. The first kappa shape index (κ1) is 8.62. The molecule has 1 aromatic rings. The Bertz CT molecular complexity index is 421. The van der Waals surface area contributed by atoms with Gasteiger partial charge in [0.1, 0.15) is 0 Å². The lowest BCUT2D eigenvalue weighted by molar-refractivity contribution is -0.136. The number of rotatable bonds is 1. The van der Waals surface area contributed by atoms with Crippen LogP contribution < -0.4 is 0 Å². The zero-order valence-corrected chi connectivity index (χ0v) is 7.60. The highest BCUT2D eigenvalue weighted by Crippen LogP contribution is 2.14. The number of pyridine rings is 1. The molecule has 0 atom stereocenters. The summed E-state index contributed by atoms with van der Waals surface area (Å²) in [4.78, 5) is 19.6. The van der Waals surface area contributed by atoms with Crippen LogP contribution in [0.25, 0.3) is 6.08 Å². The summed E-state index contributed by atoms with van der Waals surface area (Å²) in [5.41, 5.74) is 1.94. The lowest BCUT2D eigenvalue weighted by atomic mass is 10.1. The van der Waals surface area contributed by atoms with E-state index in [0.29, 0.717) is 11.3 Å². The average molecular weight is 188 g/mol. The van der Waals surface area contributed by atoms with Crippen LogP contribution in [-0.4, -0.2) is 16.7 Å². The Morgan fingerprint density at radius 3 is 2.93 bits per heavy atom. The largest absolute Gasteiger partial charge is 0.367 e. The van der Waals surface area contributed by atoms with Gasteiger partial charge in [-0.2, -0.15) is 0 Å². The molecule has 0 spiro atoms. The highest BCUT2D eigenvalue weighted by molar-refractivity contribution is 6.24. The second kappa shape index (κ2) is 3.41. The SMILES string of the molecule is CC1=NOC(=O)/C1=C/c1cccnc1. The van der Waals surface area contributed by atoms with Crippen molar-refractivity contribution in [2.45, 2.75) is 6.92 Å². The number of carbonyl (C=O) groups is 1. The molecule has 4 heteroatoms. The smallest absolute Gasteiger partial charge is 0.312 e. The summed E-state index contributed by atoms with van der Waals surface area (Å²) >= 11 is 0. The third-order valence-electron chi connectivity index (χ3n) is 1.87. The summed E-state index contributed by atoms with van der Waals surface area (Å²) in [7, 11) is 0.